The molecule has 0 aliphatic carbocycles. The molecule has 10 heavy (non-hydrogen) atoms. The van der Waals surface area contributed by atoms with Crippen LogP contribution in [0.5, 0.6) is 0 Å². The summed E-state index contributed by atoms with van der Waals surface area (Å²) < 4.78 is 5.04. The van der Waals surface area contributed by atoms with Gasteiger partial charge in [-0.15, -0.1) is 0 Å². The molecule has 0 saturated carbocycles. The molecule has 0 fully saturated rings. The number of ether oxygens (including phenoxy) is 1. The number of rotatable bonds is 1. The Hall–Kier alpha value is -0.790. The van der Waals surface area contributed by atoms with E-state index in [9.17, 15) is 4.79 Å². The molecule has 0 amide bonds. The molecule has 0 aromatic heterocycles. The standard InChI is InChI=1S/C8H12O2/c1-3-8(2)6-10-5-4-7(8)9/h4-5H,3,6H2,1-2H3. The molecular formula is C8H12O2. The van der Waals surface area contributed by atoms with Gasteiger partial charge in [0.15, 0.2) is 5.78 Å². The van der Waals surface area contributed by atoms with Gasteiger partial charge >= 0.3 is 0 Å². The average molecular weight is 140 g/mol. The molecule has 2 nitrogen and oxygen atoms in total. The van der Waals surface area contributed by atoms with Crippen LogP contribution in [0, 0.1) is 5.41 Å². The zero-order valence-corrected chi connectivity index (χ0v) is 6.39. The minimum absolute atomic E-state index is 0.182. The van der Waals surface area contributed by atoms with Gasteiger partial charge in [-0.25, -0.2) is 0 Å². The van der Waals surface area contributed by atoms with E-state index in [4.69, 9.17) is 4.74 Å². The molecule has 0 aromatic rings. The van der Waals surface area contributed by atoms with E-state index >= 15 is 0 Å². The van der Waals surface area contributed by atoms with Gasteiger partial charge in [-0.1, -0.05) is 6.92 Å². The number of carbonyl (C=O) groups excluding carboxylic acids is 1. The highest BCUT2D eigenvalue weighted by Gasteiger charge is 2.31. The molecule has 1 rings (SSSR count). The van der Waals surface area contributed by atoms with E-state index in [2.05, 4.69) is 0 Å². The molecule has 0 aromatic carbocycles. The minimum Gasteiger partial charge on any atom is -0.500 e. The van der Waals surface area contributed by atoms with E-state index in [-0.39, 0.29) is 11.2 Å². The van der Waals surface area contributed by atoms with Gasteiger partial charge in [-0.3, -0.25) is 4.79 Å². The van der Waals surface area contributed by atoms with Crippen LogP contribution in [0.25, 0.3) is 0 Å². The second kappa shape index (κ2) is 2.45. The SMILES string of the molecule is CCC1(C)COC=CC1=O. The Morgan fingerprint density at radius 1 is 1.80 bits per heavy atom. The molecule has 0 spiro atoms. The lowest BCUT2D eigenvalue weighted by atomic mass is 9.83. The summed E-state index contributed by atoms with van der Waals surface area (Å²) in [6.07, 6.45) is 3.82. The van der Waals surface area contributed by atoms with Crippen molar-refractivity contribution in [1.82, 2.24) is 0 Å². The van der Waals surface area contributed by atoms with Crippen molar-refractivity contribution >= 4 is 5.78 Å². The van der Waals surface area contributed by atoms with E-state index in [1.54, 1.807) is 0 Å². The van der Waals surface area contributed by atoms with Crippen molar-refractivity contribution < 1.29 is 9.53 Å². The van der Waals surface area contributed by atoms with Crippen LogP contribution in [0.1, 0.15) is 20.3 Å². The fourth-order valence-corrected chi connectivity index (χ4v) is 0.891. The molecule has 0 saturated heterocycles. The Labute approximate surface area is 60.9 Å². The summed E-state index contributed by atoms with van der Waals surface area (Å²) in [5.41, 5.74) is -0.269. The lowest BCUT2D eigenvalue weighted by molar-refractivity contribution is -0.127. The molecule has 0 radical (unpaired) electrons. The molecule has 0 N–H and O–H groups in total. The summed E-state index contributed by atoms with van der Waals surface area (Å²) in [6.45, 7) is 4.46. The highest BCUT2D eigenvalue weighted by molar-refractivity contribution is 5.94. The molecule has 2 heteroatoms. The van der Waals surface area contributed by atoms with Gasteiger partial charge in [-0.2, -0.15) is 0 Å². The van der Waals surface area contributed by atoms with Crippen molar-refractivity contribution in [3.05, 3.63) is 12.3 Å². The van der Waals surface area contributed by atoms with E-state index in [0.717, 1.165) is 6.42 Å². The number of hydrogen-bond acceptors (Lipinski definition) is 2. The normalized spacial score (nSPS) is 32.0. The molecule has 56 valence electrons. The summed E-state index contributed by atoms with van der Waals surface area (Å²) in [5.74, 6) is 0.182. The van der Waals surface area contributed by atoms with Crippen LogP contribution in [-0.2, 0) is 9.53 Å². The molecule has 0 bridgehead atoms. The zero-order chi connectivity index (χ0) is 7.61. The predicted octanol–water partition coefficient (Wildman–Crippen LogP) is 1.52. The molecule has 1 heterocycles. The number of ketones is 1. The van der Waals surface area contributed by atoms with E-state index in [0.29, 0.717) is 6.61 Å². The maximum absolute atomic E-state index is 11.2. The maximum Gasteiger partial charge on any atom is 0.167 e. The van der Waals surface area contributed by atoms with Crippen molar-refractivity contribution in [1.29, 1.82) is 0 Å². The third-order valence-corrected chi connectivity index (χ3v) is 2.09. The van der Waals surface area contributed by atoms with Gasteiger partial charge in [0.25, 0.3) is 0 Å². The van der Waals surface area contributed by atoms with Gasteiger partial charge < -0.3 is 4.74 Å². The summed E-state index contributed by atoms with van der Waals surface area (Å²) in [5, 5.41) is 0. The largest absolute Gasteiger partial charge is 0.500 e. The number of carbonyl (C=O) groups is 1. The van der Waals surface area contributed by atoms with Gasteiger partial charge in [0, 0.05) is 6.08 Å². The smallest absolute Gasteiger partial charge is 0.167 e. The van der Waals surface area contributed by atoms with Crippen LogP contribution in [0.2, 0.25) is 0 Å². The van der Waals surface area contributed by atoms with Gasteiger partial charge in [0.05, 0.1) is 18.3 Å². The molecule has 1 aliphatic heterocycles. The Morgan fingerprint density at radius 2 is 2.50 bits per heavy atom. The van der Waals surface area contributed by atoms with Crippen molar-refractivity contribution in [3.63, 3.8) is 0 Å². The van der Waals surface area contributed by atoms with Gasteiger partial charge in [0.1, 0.15) is 0 Å². The highest BCUT2D eigenvalue weighted by Crippen LogP contribution is 2.25. The van der Waals surface area contributed by atoms with Crippen LogP contribution in [0.3, 0.4) is 0 Å². The summed E-state index contributed by atoms with van der Waals surface area (Å²) in [7, 11) is 0. The van der Waals surface area contributed by atoms with Crippen LogP contribution in [0.15, 0.2) is 12.3 Å². The number of hydrogen-bond donors (Lipinski definition) is 0. The fourth-order valence-electron chi connectivity index (χ4n) is 0.891. The summed E-state index contributed by atoms with van der Waals surface area (Å²) in [6, 6.07) is 0. The maximum atomic E-state index is 11.2. The summed E-state index contributed by atoms with van der Waals surface area (Å²) >= 11 is 0. The van der Waals surface area contributed by atoms with Crippen LogP contribution in [0.4, 0.5) is 0 Å². The first-order valence-electron chi connectivity index (χ1n) is 3.51. The monoisotopic (exact) mass is 140 g/mol. The third-order valence-electron chi connectivity index (χ3n) is 2.09. The average Bonchev–Trinajstić information content (AvgIpc) is 1.96. The van der Waals surface area contributed by atoms with E-state index < -0.39 is 0 Å². The van der Waals surface area contributed by atoms with Crippen LogP contribution in [-0.4, -0.2) is 12.4 Å². The van der Waals surface area contributed by atoms with E-state index in [1.165, 1.54) is 12.3 Å². The third kappa shape index (κ3) is 1.06. The van der Waals surface area contributed by atoms with Crippen molar-refractivity contribution in [3.8, 4) is 0 Å². The first kappa shape index (κ1) is 7.32. The van der Waals surface area contributed by atoms with Gasteiger partial charge in [-0.05, 0) is 13.3 Å². The first-order chi connectivity index (χ1) is 4.69. The summed E-state index contributed by atoms with van der Waals surface area (Å²) in [4.78, 5) is 11.2. The van der Waals surface area contributed by atoms with E-state index in [1.807, 2.05) is 13.8 Å². The molecule has 1 aliphatic rings. The Bertz CT molecular complexity index is 172. The van der Waals surface area contributed by atoms with Crippen molar-refractivity contribution in [2.75, 3.05) is 6.61 Å². The van der Waals surface area contributed by atoms with Crippen LogP contribution >= 0.6 is 0 Å². The lowest BCUT2D eigenvalue weighted by Gasteiger charge is -2.26. The molecular weight excluding hydrogens is 128 g/mol. The quantitative estimate of drug-likeness (QED) is 0.552. The number of allylic oxidation sites excluding steroid dienone is 1. The Kier molecular flexibility index (Phi) is 1.79. The Morgan fingerprint density at radius 3 is 2.90 bits per heavy atom. The topological polar surface area (TPSA) is 26.3 Å². The zero-order valence-electron chi connectivity index (χ0n) is 6.39. The second-order valence-electron chi connectivity index (χ2n) is 2.89. The first-order valence-corrected chi connectivity index (χ1v) is 3.51. The Balaban J connectivity index is 2.77. The highest BCUT2D eigenvalue weighted by atomic mass is 16.5. The lowest BCUT2D eigenvalue weighted by Crippen LogP contribution is -2.32. The second-order valence-corrected chi connectivity index (χ2v) is 2.89. The van der Waals surface area contributed by atoms with Crippen molar-refractivity contribution in [2.45, 2.75) is 20.3 Å². The molecule has 1 unspecified atom stereocenters. The molecule has 1 atom stereocenters. The fraction of sp³-hybridized carbons (Fsp3) is 0.625. The van der Waals surface area contributed by atoms with Gasteiger partial charge in [0.2, 0.25) is 0 Å². The van der Waals surface area contributed by atoms with Crippen LogP contribution < -0.4 is 0 Å². The predicted molar refractivity (Wildman–Crippen MR) is 38.5 cm³/mol. The van der Waals surface area contributed by atoms with Crippen molar-refractivity contribution in [2.24, 2.45) is 5.41 Å². The minimum atomic E-state index is -0.269.